The number of halogens is 1. The van der Waals surface area contributed by atoms with Gasteiger partial charge in [0.1, 0.15) is 17.3 Å². The van der Waals surface area contributed by atoms with Gasteiger partial charge in [0.15, 0.2) is 0 Å². The molecule has 0 bridgehead atoms. The molecule has 0 spiro atoms. The van der Waals surface area contributed by atoms with Crippen LogP contribution in [0.5, 0.6) is 5.75 Å². The zero-order chi connectivity index (χ0) is 28.7. The number of H-pyrrole nitrogens is 2. The molecule has 6 rings (SSSR count). The number of hydrogen-bond donors (Lipinski definition) is 3. The number of rotatable bonds is 6. The molecule has 9 heteroatoms. The minimum Gasteiger partial charge on any atom is -0.497 e. The number of pyridine rings is 2. The van der Waals surface area contributed by atoms with Crippen molar-refractivity contribution in [2.24, 2.45) is 5.41 Å². The van der Waals surface area contributed by atoms with Gasteiger partial charge in [-0.25, -0.2) is 4.39 Å². The molecule has 8 nitrogen and oxygen atoms in total. The van der Waals surface area contributed by atoms with Crippen molar-refractivity contribution in [1.29, 1.82) is 0 Å². The smallest absolute Gasteiger partial charge is 0.224 e. The third-order valence-electron chi connectivity index (χ3n) is 6.79. The zero-order valence-corrected chi connectivity index (χ0v) is 23.2. The minimum atomic E-state index is -0.363. The van der Waals surface area contributed by atoms with Gasteiger partial charge in [0.2, 0.25) is 5.91 Å². The second kappa shape index (κ2) is 10.2. The second-order valence-corrected chi connectivity index (χ2v) is 11.3. The Balaban J connectivity index is 1.37. The minimum absolute atomic E-state index is 0.0631. The fourth-order valence-corrected chi connectivity index (χ4v) is 4.99. The lowest BCUT2D eigenvalue weighted by Gasteiger charge is -2.17. The summed E-state index contributed by atoms with van der Waals surface area (Å²) in [5, 5.41) is 12.4. The lowest BCUT2D eigenvalue weighted by molar-refractivity contribution is -0.117. The molecule has 3 N–H and O–H groups in total. The highest BCUT2D eigenvalue weighted by Gasteiger charge is 2.18. The SMILES string of the molecule is COc1cc(F)cc(-c2cccc3[nH]c(-c4n[nH]c5cnc(-c6cncc(NC(=O)CC(C)(C)C)c6)cc45)cc23)c1. The molecular formula is C32H29FN6O2. The molecule has 4 aromatic heterocycles. The molecule has 2 aromatic carbocycles. The van der Waals surface area contributed by atoms with E-state index in [0.717, 1.165) is 49.9 Å². The molecular weight excluding hydrogens is 519 g/mol. The van der Waals surface area contributed by atoms with E-state index in [2.05, 4.69) is 30.5 Å². The van der Waals surface area contributed by atoms with Gasteiger partial charge in [-0.15, -0.1) is 0 Å². The summed E-state index contributed by atoms with van der Waals surface area (Å²) in [4.78, 5) is 24.9. The summed E-state index contributed by atoms with van der Waals surface area (Å²) in [6.45, 7) is 6.07. The molecule has 0 saturated heterocycles. The van der Waals surface area contributed by atoms with Crippen LogP contribution in [-0.2, 0) is 4.79 Å². The van der Waals surface area contributed by atoms with E-state index in [-0.39, 0.29) is 17.1 Å². The van der Waals surface area contributed by atoms with Crippen molar-refractivity contribution in [1.82, 2.24) is 25.1 Å². The second-order valence-electron chi connectivity index (χ2n) is 11.3. The number of nitrogens with zero attached hydrogens (tertiary/aromatic N) is 3. The number of aromatic amines is 2. The predicted octanol–water partition coefficient (Wildman–Crippen LogP) is 7.36. The Morgan fingerprint density at radius 3 is 2.63 bits per heavy atom. The first-order valence-corrected chi connectivity index (χ1v) is 13.2. The number of hydrogen-bond acceptors (Lipinski definition) is 5. The number of anilines is 1. The van der Waals surface area contributed by atoms with Crippen LogP contribution in [-0.4, -0.2) is 38.2 Å². The molecule has 206 valence electrons. The van der Waals surface area contributed by atoms with Crippen LogP contribution >= 0.6 is 0 Å². The van der Waals surface area contributed by atoms with Crippen molar-refractivity contribution in [3.8, 4) is 39.5 Å². The van der Waals surface area contributed by atoms with E-state index < -0.39 is 0 Å². The summed E-state index contributed by atoms with van der Waals surface area (Å²) in [6.07, 6.45) is 5.48. The maximum absolute atomic E-state index is 14.3. The standard InChI is InChI=1S/C32H29FN6O2/c1-32(2,3)14-30(40)36-21-9-19(15-34-16-21)27-13-25-29(17-35-27)38-39-31(25)28-12-24-23(6-5-7-26(24)37-28)18-8-20(33)11-22(10-18)41-4/h5-13,15-17,37H,14H2,1-4H3,(H,36,40)(H,38,39). The molecule has 0 aliphatic heterocycles. The Hall–Kier alpha value is -5.05. The Labute approximate surface area is 236 Å². The number of methoxy groups -OCH3 is 1. The average Bonchev–Trinajstić information content (AvgIpc) is 3.55. The number of carbonyl (C=O) groups is 1. The normalized spacial score (nSPS) is 11.7. The van der Waals surface area contributed by atoms with Gasteiger partial charge in [-0.1, -0.05) is 32.9 Å². The number of fused-ring (bicyclic) bond motifs is 2. The van der Waals surface area contributed by atoms with Gasteiger partial charge in [-0.3, -0.25) is 19.9 Å². The molecule has 0 atom stereocenters. The first-order valence-electron chi connectivity index (χ1n) is 13.2. The Bertz CT molecular complexity index is 1920. The number of nitrogens with one attached hydrogen (secondary N) is 3. The molecule has 0 radical (unpaired) electrons. The van der Waals surface area contributed by atoms with E-state index in [0.29, 0.717) is 23.6 Å². The first-order chi connectivity index (χ1) is 19.7. The monoisotopic (exact) mass is 548 g/mol. The van der Waals surface area contributed by atoms with Crippen LogP contribution in [0.3, 0.4) is 0 Å². The molecule has 1 amide bonds. The molecule has 41 heavy (non-hydrogen) atoms. The quantitative estimate of drug-likeness (QED) is 0.202. The zero-order valence-electron chi connectivity index (χ0n) is 23.2. The van der Waals surface area contributed by atoms with E-state index in [9.17, 15) is 9.18 Å². The molecule has 0 aliphatic rings. The summed E-state index contributed by atoms with van der Waals surface area (Å²) in [6, 6.07) is 16.4. The number of amides is 1. The Morgan fingerprint density at radius 1 is 0.976 bits per heavy atom. The predicted molar refractivity (Wildman–Crippen MR) is 159 cm³/mol. The van der Waals surface area contributed by atoms with Gasteiger partial charge in [-0.2, -0.15) is 5.10 Å². The van der Waals surface area contributed by atoms with Gasteiger partial charge in [-0.05, 0) is 52.9 Å². The molecule has 0 fully saturated rings. The van der Waals surface area contributed by atoms with Crippen LogP contribution in [0, 0.1) is 11.2 Å². The third-order valence-corrected chi connectivity index (χ3v) is 6.79. The summed E-state index contributed by atoms with van der Waals surface area (Å²) >= 11 is 0. The van der Waals surface area contributed by atoms with Crippen molar-refractivity contribution < 1.29 is 13.9 Å². The number of benzene rings is 2. The van der Waals surface area contributed by atoms with Gasteiger partial charge < -0.3 is 15.0 Å². The van der Waals surface area contributed by atoms with Crippen molar-refractivity contribution in [3.05, 3.63) is 79.0 Å². The number of ether oxygens (including phenoxy) is 1. The van der Waals surface area contributed by atoms with E-state index in [1.165, 1.54) is 19.2 Å². The summed E-state index contributed by atoms with van der Waals surface area (Å²) in [5.74, 6) is 0.0306. The van der Waals surface area contributed by atoms with E-state index in [4.69, 9.17) is 4.74 Å². The Morgan fingerprint density at radius 2 is 1.83 bits per heavy atom. The van der Waals surface area contributed by atoms with Crippen LogP contribution in [0.25, 0.3) is 55.6 Å². The fraction of sp³-hybridized carbons (Fsp3) is 0.188. The van der Waals surface area contributed by atoms with Gasteiger partial charge in [0.05, 0.1) is 42.1 Å². The molecule has 0 unspecified atom stereocenters. The molecule has 6 aromatic rings. The van der Waals surface area contributed by atoms with Crippen LogP contribution < -0.4 is 10.1 Å². The average molecular weight is 549 g/mol. The molecule has 0 saturated carbocycles. The van der Waals surface area contributed by atoms with Gasteiger partial charge in [0.25, 0.3) is 0 Å². The van der Waals surface area contributed by atoms with Gasteiger partial charge in [0, 0.05) is 40.5 Å². The first kappa shape index (κ1) is 26.2. The fourth-order valence-electron chi connectivity index (χ4n) is 4.99. The van der Waals surface area contributed by atoms with E-state index in [1.54, 1.807) is 18.6 Å². The summed E-state index contributed by atoms with van der Waals surface area (Å²) in [5.41, 5.74) is 6.77. The number of carbonyl (C=O) groups excluding carboxylic acids is 1. The Kier molecular flexibility index (Phi) is 6.49. The van der Waals surface area contributed by atoms with Crippen molar-refractivity contribution in [3.63, 3.8) is 0 Å². The van der Waals surface area contributed by atoms with Crippen LogP contribution in [0.15, 0.2) is 73.2 Å². The lowest BCUT2D eigenvalue weighted by Crippen LogP contribution is -2.19. The molecule has 0 aliphatic carbocycles. The summed E-state index contributed by atoms with van der Waals surface area (Å²) in [7, 11) is 1.52. The maximum atomic E-state index is 14.3. The van der Waals surface area contributed by atoms with Crippen LogP contribution in [0.2, 0.25) is 0 Å². The number of aromatic nitrogens is 5. The third kappa shape index (κ3) is 5.38. The largest absolute Gasteiger partial charge is 0.497 e. The maximum Gasteiger partial charge on any atom is 0.224 e. The van der Waals surface area contributed by atoms with Crippen molar-refractivity contribution in [2.75, 3.05) is 12.4 Å². The highest BCUT2D eigenvalue weighted by atomic mass is 19.1. The van der Waals surface area contributed by atoms with E-state index >= 15 is 0 Å². The van der Waals surface area contributed by atoms with Crippen molar-refractivity contribution in [2.45, 2.75) is 27.2 Å². The van der Waals surface area contributed by atoms with E-state index in [1.807, 2.05) is 63.2 Å². The van der Waals surface area contributed by atoms with Crippen LogP contribution in [0.1, 0.15) is 27.2 Å². The highest BCUT2D eigenvalue weighted by Crippen LogP contribution is 2.36. The topological polar surface area (TPSA) is 109 Å². The van der Waals surface area contributed by atoms with Crippen molar-refractivity contribution >= 4 is 33.4 Å². The lowest BCUT2D eigenvalue weighted by atomic mass is 9.92. The summed E-state index contributed by atoms with van der Waals surface area (Å²) < 4.78 is 19.6. The highest BCUT2D eigenvalue weighted by molar-refractivity contribution is 6.01. The molecule has 4 heterocycles. The van der Waals surface area contributed by atoms with Crippen LogP contribution in [0.4, 0.5) is 10.1 Å². The van der Waals surface area contributed by atoms with Gasteiger partial charge >= 0.3 is 0 Å².